The fraction of sp³-hybridized carbons (Fsp3) is 0.350. The number of hydrogen-bond acceptors (Lipinski definition) is 4. The van der Waals surface area contributed by atoms with E-state index in [1.807, 2.05) is 59.5 Å². The van der Waals surface area contributed by atoms with E-state index in [9.17, 15) is 4.79 Å². The van der Waals surface area contributed by atoms with Gasteiger partial charge in [0.25, 0.3) is 0 Å². The summed E-state index contributed by atoms with van der Waals surface area (Å²) in [5.74, 6) is 0.884. The predicted octanol–water partition coefficient (Wildman–Crippen LogP) is 2.26. The molecule has 3 N–H and O–H groups in total. The summed E-state index contributed by atoms with van der Waals surface area (Å²) >= 11 is 0. The summed E-state index contributed by atoms with van der Waals surface area (Å²) in [5.41, 5.74) is 8.27. The van der Waals surface area contributed by atoms with E-state index in [2.05, 4.69) is 5.32 Å². The molecule has 5 nitrogen and oxygen atoms in total. The van der Waals surface area contributed by atoms with E-state index in [1.54, 1.807) is 7.11 Å². The molecule has 1 saturated heterocycles. The average Bonchev–Trinajstić information content (AvgIpc) is 2.68. The van der Waals surface area contributed by atoms with Crippen LogP contribution in [0, 0.1) is 0 Å². The van der Waals surface area contributed by atoms with E-state index in [4.69, 9.17) is 10.5 Å². The molecule has 2 atom stereocenters. The van der Waals surface area contributed by atoms with Crippen LogP contribution < -0.4 is 15.8 Å². The fourth-order valence-corrected chi connectivity index (χ4v) is 3.35. The number of piperazine rings is 1. The number of para-hydroxylation sites is 1. The number of methoxy groups -OCH3 is 1. The average molecular weight is 339 g/mol. The van der Waals surface area contributed by atoms with E-state index < -0.39 is 0 Å². The SMILES string of the molecule is COc1ccccc1C1CNCCN1C(=O)CC(N)c1ccccc1. The third kappa shape index (κ3) is 4.00. The van der Waals surface area contributed by atoms with E-state index in [1.165, 1.54) is 0 Å². The minimum Gasteiger partial charge on any atom is -0.496 e. The number of hydrogen-bond donors (Lipinski definition) is 2. The molecule has 0 saturated carbocycles. The lowest BCUT2D eigenvalue weighted by Crippen LogP contribution is -2.49. The van der Waals surface area contributed by atoms with Crippen molar-refractivity contribution < 1.29 is 9.53 Å². The van der Waals surface area contributed by atoms with Crippen LogP contribution in [0.3, 0.4) is 0 Å². The van der Waals surface area contributed by atoms with E-state index in [-0.39, 0.29) is 18.0 Å². The van der Waals surface area contributed by atoms with Gasteiger partial charge in [-0.05, 0) is 11.6 Å². The highest BCUT2D eigenvalue weighted by Gasteiger charge is 2.30. The van der Waals surface area contributed by atoms with Crippen LogP contribution in [0.25, 0.3) is 0 Å². The molecule has 0 aromatic heterocycles. The van der Waals surface area contributed by atoms with Crippen molar-refractivity contribution in [3.8, 4) is 5.75 Å². The molecule has 25 heavy (non-hydrogen) atoms. The molecule has 3 rings (SSSR count). The monoisotopic (exact) mass is 339 g/mol. The van der Waals surface area contributed by atoms with E-state index >= 15 is 0 Å². The maximum atomic E-state index is 12.9. The zero-order chi connectivity index (χ0) is 17.6. The first-order valence-corrected chi connectivity index (χ1v) is 8.64. The molecule has 1 fully saturated rings. The van der Waals surface area contributed by atoms with Crippen molar-refractivity contribution >= 4 is 5.91 Å². The van der Waals surface area contributed by atoms with Crippen LogP contribution in [-0.4, -0.2) is 37.6 Å². The fourth-order valence-electron chi connectivity index (χ4n) is 3.35. The highest BCUT2D eigenvalue weighted by atomic mass is 16.5. The van der Waals surface area contributed by atoms with Gasteiger partial charge in [-0.1, -0.05) is 48.5 Å². The number of amides is 1. The van der Waals surface area contributed by atoms with Crippen LogP contribution in [0.1, 0.15) is 29.6 Å². The number of rotatable bonds is 5. The van der Waals surface area contributed by atoms with E-state index in [0.29, 0.717) is 19.5 Å². The van der Waals surface area contributed by atoms with Crippen molar-refractivity contribution in [1.29, 1.82) is 0 Å². The third-order valence-corrected chi connectivity index (χ3v) is 4.68. The van der Waals surface area contributed by atoms with Crippen molar-refractivity contribution in [3.05, 3.63) is 65.7 Å². The molecule has 0 spiro atoms. The lowest BCUT2D eigenvalue weighted by atomic mass is 9.99. The Labute approximate surface area is 148 Å². The first-order valence-electron chi connectivity index (χ1n) is 8.64. The highest BCUT2D eigenvalue weighted by molar-refractivity contribution is 5.78. The van der Waals surface area contributed by atoms with Crippen LogP contribution in [0.5, 0.6) is 5.75 Å². The van der Waals surface area contributed by atoms with Crippen molar-refractivity contribution in [2.45, 2.75) is 18.5 Å². The van der Waals surface area contributed by atoms with Crippen LogP contribution in [0.2, 0.25) is 0 Å². The van der Waals surface area contributed by atoms with Crippen molar-refractivity contribution in [1.82, 2.24) is 10.2 Å². The lowest BCUT2D eigenvalue weighted by Gasteiger charge is -2.37. The number of benzene rings is 2. The Balaban J connectivity index is 1.77. The van der Waals surface area contributed by atoms with Gasteiger partial charge in [0, 0.05) is 37.7 Å². The molecule has 1 amide bonds. The Morgan fingerprint density at radius 2 is 1.96 bits per heavy atom. The molecule has 0 radical (unpaired) electrons. The number of carbonyl (C=O) groups is 1. The van der Waals surface area contributed by atoms with Crippen molar-refractivity contribution in [3.63, 3.8) is 0 Å². The minimum atomic E-state index is -0.290. The summed E-state index contributed by atoms with van der Waals surface area (Å²) < 4.78 is 5.49. The van der Waals surface area contributed by atoms with Crippen LogP contribution in [0.15, 0.2) is 54.6 Å². The van der Waals surface area contributed by atoms with Gasteiger partial charge < -0.3 is 20.7 Å². The summed E-state index contributed by atoms with van der Waals surface area (Å²) in [5, 5.41) is 3.37. The highest BCUT2D eigenvalue weighted by Crippen LogP contribution is 2.31. The van der Waals surface area contributed by atoms with Crippen LogP contribution >= 0.6 is 0 Å². The Kier molecular flexibility index (Phi) is 5.68. The first-order chi connectivity index (χ1) is 12.2. The van der Waals surface area contributed by atoms with E-state index in [0.717, 1.165) is 23.4 Å². The number of nitrogens with one attached hydrogen (secondary N) is 1. The van der Waals surface area contributed by atoms with Gasteiger partial charge in [-0.15, -0.1) is 0 Å². The topological polar surface area (TPSA) is 67.6 Å². The quantitative estimate of drug-likeness (QED) is 0.877. The van der Waals surface area contributed by atoms with Crippen molar-refractivity contribution in [2.75, 3.05) is 26.7 Å². The molecule has 2 unspecified atom stereocenters. The Morgan fingerprint density at radius 3 is 2.72 bits per heavy atom. The molecule has 2 aromatic carbocycles. The van der Waals surface area contributed by atoms with Gasteiger partial charge in [0.1, 0.15) is 5.75 Å². The first kappa shape index (κ1) is 17.5. The largest absolute Gasteiger partial charge is 0.496 e. The number of carbonyl (C=O) groups excluding carboxylic acids is 1. The smallest absolute Gasteiger partial charge is 0.225 e. The molecule has 1 heterocycles. The van der Waals surface area contributed by atoms with Gasteiger partial charge in [0.2, 0.25) is 5.91 Å². The Bertz CT molecular complexity index is 705. The summed E-state index contributed by atoms with van der Waals surface area (Å²) in [6, 6.07) is 17.3. The molecule has 1 aliphatic heterocycles. The summed E-state index contributed by atoms with van der Waals surface area (Å²) in [4.78, 5) is 14.9. The molecule has 0 bridgehead atoms. The summed E-state index contributed by atoms with van der Waals surface area (Å²) in [6.45, 7) is 2.17. The zero-order valence-corrected chi connectivity index (χ0v) is 14.5. The van der Waals surface area contributed by atoms with Gasteiger partial charge in [0.05, 0.1) is 13.2 Å². The third-order valence-electron chi connectivity index (χ3n) is 4.68. The molecular weight excluding hydrogens is 314 g/mol. The van der Waals surface area contributed by atoms with Gasteiger partial charge in [-0.25, -0.2) is 0 Å². The minimum absolute atomic E-state index is 0.0413. The van der Waals surface area contributed by atoms with Crippen molar-refractivity contribution in [2.24, 2.45) is 5.73 Å². The standard InChI is InChI=1S/C20H25N3O2/c1-25-19-10-6-5-9-16(19)18-14-22-11-12-23(18)20(24)13-17(21)15-7-3-2-4-8-15/h2-10,17-18,22H,11-14,21H2,1H3. The number of nitrogens with two attached hydrogens (primary N) is 1. The second-order valence-corrected chi connectivity index (χ2v) is 6.27. The van der Waals surface area contributed by atoms with Crippen LogP contribution in [0.4, 0.5) is 0 Å². The predicted molar refractivity (Wildman–Crippen MR) is 98.3 cm³/mol. The number of ether oxygens (including phenoxy) is 1. The molecule has 5 heteroatoms. The van der Waals surface area contributed by atoms with Gasteiger partial charge in [0.15, 0.2) is 0 Å². The Morgan fingerprint density at radius 1 is 1.24 bits per heavy atom. The zero-order valence-electron chi connectivity index (χ0n) is 14.5. The summed E-state index contributed by atoms with van der Waals surface area (Å²) in [6.07, 6.45) is 0.301. The summed E-state index contributed by atoms with van der Waals surface area (Å²) in [7, 11) is 1.66. The second-order valence-electron chi connectivity index (χ2n) is 6.27. The van der Waals surface area contributed by atoms with Gasteiger partial charge in [-0.2, -0.15) is 0 Å². The normalized spacial score (nSPS) is 18.6. The Hall–Kier alpha value is -2.37. The number of nitrogens with zero attached hydrogens (tertiary/aromatic N) is 1. The van der Waals surface area contributed by atoms with Crippen LogP contribution in [-0.2, 0) is 4.79 Å². The molecular formula is C20H25N3O2. The van der Waals surface area contributed by atoms with Gasteiger partial charge >= 0.3 is 0 Å². The molecule has 1 aliphatic rings. The lowest BCUT2D eigenvalue weighted by molar-refractivity contribution is -0.135. The molecule has 2 aromatic rings. The maximum Gasteiger partial charge on any atom is 0.225 e. The second kappa shape index (κ2) is 8.14. The maximum absolute atomic E-state index is 12.9. The molecule has 132 valence electrons. The molecule has 0 aliphatic carbocycles. The van der Waals surface area contributed by atoms with Gasteiger partial charge in [-0.3, -0.25) is 4.79 Å².